The van der Waals surface area contributed by atoms with Crippen molar-refractivity contribution in [3.63, 3.8) is 0 Å². The Bertz CT molecular complexity index is 582. The molecule has 0 aromatic heterocycles. The maximum atomic E-state index is 12.9. The van der Waals surface area contributed by atoms with Gasteiger partial charge in [0.1, 0.15) is 0 Å². The van der Waals surface area contributed by atoms with Crippen molar-refractivity contribution in [3.8, 4) is 0 Å². The Morgan fingerprint density at radius 1 is 1.35 bits per heavy atom. The van der Waals surface area contributed by atoms with Gasteiger partial charge in [-0.05, 0) is 31.7 Å². The van der Waals surface area contributed by atoms with Crippen molar-refractivity contribution in [2.75, 3.05) is 13.1 Å². The van der Waals surface area contributed by atoms with E-state index in [9.17, 15) is 9.59 Å². The lowest BCUT2D eigenvalue weighted by molar-refractivity contribution is -0.138. The number of aryl methyl sites for hydroxylation is 1. The summed E-state index contributed by atoms with van der Waals surface area (Å²) in [5.74, 6) is -0.750. The molecule has 1 aromatic rings. The Morgan fingerprint density at radius 3 is 2.48 bits per heavy atom. The molecule has 1 saturated heterocycles. The number of hydroxylamine groups is 1. The Hall–Kier alpha value is -1.88. The smallest absolute Gasteiger partial charge is 0.248 e. The van der Waals surface area contributed by atoms with Crippen molar-refractivity contribution in [2.24, 2.45) is 11.8 Å². The number of benzene rings is 1. The maximum Gasteiger partial charge on any atom is 0.248 e. The minimum atomic E-state index is -0.537. The van der Waals surface area contributed by atoms with Gasteiger partial charge in [-0.2, -0.15) is 0 Å². The molecule has 0 saturated carbocycles. The summed E-state index contributed by atoms with van der Waals surface area (Å²) in [6, 6.07) is 8.06. The molecule has 2 atom stereocenters. The van der Waals surface area contributed by atoms with Crippen LogP contribution in [0.4, 0.5) is 0 Å². The number of hydrogen-bond donors (Lipinski definition) is 2. The first-order valence-corrected chi connectivity index (χ1v) is 8.10. The van der Waals surface area contributed by atoms with Crippen molar-refractivity contribution >= 4 is 11.8 Å². The van der Waals surface area contributed by atoms with Crippen LogP contribution in [0.15, 0.2) is 24.3 Å². The summed E-state index contributed by atoms with van der Waals surface area (Å²) in [6.07, 6.45) is 0.737. The zero-order valence-corrected chi connectivity index (χ0v) is 14.3. The number of carbonyl (C=O) groups is 2. The number of likely N-dealkylation sites (tertiary alicyclic amines) is 1. The first-order valence-electron chi connectivity index (χ1n) is 8.10. The maximum absolute atomic E-state index is 12.9. The van der Waals surface area contributed by atoms with Crippen LogP contribution >= 0.6 is 0 Å². The number of rotatable bonds is 5. The highest BCUT2D eigenvalue weighted by Gasteiger charge is 2.45. The van der Waals surface area contributed by atoms with Crippen molar-refractivity contribution < 1.29 is 14.8 Å². The average molecular weight is 318 g/mol. The topological polar surface area (TPSA) is 69.6 Å². The fraction of sp³-hybridized carbons (Fsp3) is 0.556. The molecule has 2 N–H and O–H groups in total. The third kappa shape index (κ3) is 3.39. The van der Waals surface area contributed by atoms with Crippen LogP contribution in [0.25, 0.3) is 0 Å². The lowest BCUT2D eigenvalue weighted by atomic mass is 9.81. The first-order chi connectivity index (χ1) is 10.8. The molecular weight excluding hydrogens is 292 g/mol. The minimum absolute atomic E-state index is 0.0428. The molecule has 2 unspecified atom stereocenters. The van der Waals surface area contributed by atoms with Gasteiger partial charge in [0.05, 0.1) is 11.3 Å². The summed E-state index contributed by atoms with van der Waals surface area (Å²) >= 11 is 0. The van der Waals surface area contributed by atoms with E-state index in [1.54, 1.807) is 10.4 Å². The van der Waals surface area contributed by atoms with Gasteiger partial charge in [-0.15, -0.1) is 0 Å². The zero-order chi connectivity index (χ0) is 17.2. The van der Waals surface area contributed by atoms with Gasteiger partial charge in [0.25, 0.3) is 0 Å². The molecule has 23 heavy (non-hydrogen) atoms. The standard InChI is InChI=1S/C18H26N2O3/c1-12(2)15(16(21)19-23)11-20-10-9-18(4,17(20)22)14-7-5-13(3)6-8-14/h5-8,12,15,23H,9-11H2,1-4H3,(H,19,21). The third-order valence-corrected chi connectivity index (χ3v) is 5.00. The molecule has 2 rings (SSSR count). The fourth-order valence-electron chi connectivity index (χ4n) is 3.20. The molecule has 0 radical (unpaired) electrons. The highest BCUT2D eigenvalue weighted by Crippen LogP contribution is 2.36. The van der Waals surface area contributed by atoms with E-state index >= 15 is 0 Å². The lowest BCUT2D eigenvalue weighted by Gasteiger charge is -2.28. The molecule has 5 nitrogen and oxygen atoms in total. The summed E-state index contributed by atoms with van der Waals surface area (Å²) in [5.41, 5.74) is 3.36. The molecule has 1 fully saturated rings. The van der Waals surface area contributed by atoms with Crippen LogP contribution in [0.3, 0.4) is 0 Å². The number of hydrogen-bond acceptors (Lipinski definition) is 3. The molecule has 1 heterocycles. The number of amides is 2. The van der Waals surface area contributed by atoms with Gasteiger partial charge in [0.2, 0.25) is 11.8 Å². The van der Waals surface area contributed by atoms with Crippen LogP contribution in [0.5, 0.6) is 0 Å². The van der Waals surface area contributed by atoms with Crippen LogP contribution in [-0.2, 0) is 15.0 Å². The van der Waals surface area contributed by atoms with Crippen molar-refractivity contribution in [1.29, 1.82) is 0 Å². The number of nitrogens with one attached hydrogen (secondary N) is 1. The van der Waals surface area contributed by atoms with Gasteiger partial charge in [0, 0.05) is 13.1 Å². The van der Waals surface area contributed by atoms with Crippen LogP contribution in [0.1, 0.15) is 38.3 Å². The Labute approximate surface area is 137 Å². The van der Waals surface area contributed by atoms with E-state index in [1.165, 1.54) is 5.56 Å². The van der Waals surface area contributed by atoms with Gasteiger partial charge in [-0.25, -0.2) is 5.48 Å². The summed E-state index contributed by atoms with van der Waals surface area (Å²) in [4.78, 5) is 26.5. The molecular formula is C18H26N2O3. The molecule has 0 aliphatic carbocycles. The Morgan fingerprint density at radius 2 is 1.96 bits per heavy atom. The van der Waals surface area contributed by atoms with Crippen LogP contribution in [0, 0.1) is 18.8 Å². The predicted molar refractivity (Wildman–Crippen MR) is 88.0 cm³/mol. The second kappa shape index (κ2) is 6.71. The summed E-state index contributed by atoms with van der Waals surface area (Å²) in [5, 5.41) is 8.90. The van der Waals surface area contributed by atoms with Crippen molar-refractivity contribution in [1.82, 2.24) is 10.4 Å². The molecule has 1 aromatic carbocycles. The monoisotopic (exact) mass is 318 g/mol. The molecule has 5 heteroatoms. The molecule has 0 spiro atoms. The Balaban J connectivity index is 2.17. The largest absolute Gasteiger partial charge is 0.341 e. The van der Waals surface area contributed by atoms with E-state index in [-0.39, 0.29) is 11.8 Å². The van der Waals surface area contributed by atoms with Gasteiger partial charge in [-0.3, -0.25) is 14.8 Å². The van der Waals surface area contributed by atoms with E-state index in [4.69, 9.17) is 5.21 Å². The van der Waals surface area contributed by atoms with Crippen LogP contribution in [-0.4, -0.2) is 35.0 Å². The van der Waals surface area contributed by atoms with Crippen LogP contribution in [0.2, 0.25) is 0 Å². The third-order valence-electron chi connectivity index (χ3n) is 5.00. The SMILES string of the molecule is Cc1ccc(C2(C)CCN(CC(C(=O)NO)C(C)C)C2=O)cc1. The van der Waals surface area contributed by atoms with Gasteiger partial charge in [0.15, 0.2) is 0 Å². The molecule has 126 valence electrons. The summed E-state index contributed by atoms with van der Waals surface area (Å²) in [6.45, 7) is 8.79. The normalized spacial score (nSPS) is 22.5. The van der Waals surface area contributed by atoms with Crippen LogP contribution < -0.4 is 5.48 Å². The second-order valence-corrected chi connectivity index (χ2v) is 7.03. The average Bonchev–Trinajstić information content (AvgIpc) is 2.81. The van der Waals surface area contributed by atoms with Gasteiger partial charge >= 0.3 is 0 Å². The molecule has 1 aliphatic heterocycles. The van der Waals surface area contributed by atoms with E-state index in [0.29, 0.717) is 13.1 Å². The van der Waals surface area contributed by atoms with E-state index in [0.717, 1.165) is 12.0 Å². The Kier molecular flexibility index (Phi) is 5.09. The quantitative estimate of drug-likeness (QED) is 0.646. The first kappa shape index (κ1) is 17.5. The highest BCUT2D eigenvalue weighted by molar-refractivity contribution is 5.90. The molecule has 0 bridgehead atoms. The molecule has 2 amide bonds. The number of nitrogens with zero attached hydrogens (tertiary/aromatic N) is 1. The summed E-state index contributed by atoms with van der Waals surface area (Å²) < 4.78 is 0. The number of carbonyl (C=O) groups excluding carboxylic acids is 2. The summed E-state index contributed by atoms with van der Waals surface area (Å²) in [7, 11) is 0. The zero-order valence-electron chi connectivity index (χ0n) is 14.3. The van der Waals surface area contributed by atoms with E-state index < -0.39 is 17.2 Å². The molecule has 1 aliphatic rings. The van der Waals surface area contributed by atoms with Gasteiger partial charge < -0.3 is 4.90 Å². The fourth-order valence-corrected chi connectivity index (χ4v) is 3.20. The predicted octanol–water partition coefficient (Wildman–Crippen LogP) is 2.26. The lowest BCUT2D eigenvalue weighted by Crippen LogP contribution is -2.43. The van der Waals surface area contributed by atoms with Crippen molar-refractivity contribution in [2.45, 2.75) is 39.5 Å². The minimum Gasteiger partial charge on any atom is -0.341 e. The second-order valence-electron chi connectivity index (χ2n) is 7.03. The van der Waals surface area contributed by atoms with E-state index in [2.05, 4.69) is 0 Å². The van der Waals surface area contributed by atoms with Gasteiger partial charge in [-0.1, -0.05) is 43.7 Å². The highest BCUT2D eigenvalue weighted by atomic mass is 16.5. The van der Waals surface area contributed by atoms with E-state index in [1.807, 2.05) is 52.0 Å². The van der Waals surface area contributed by atoms with Crippen molar-refractivity contribution in [3.05, 3.63) is 35.4 Å².